The molecule has 6 nitrogen and oxygen atoms in total. The van der Waals surface area contributed by atoms with Crippen LogP contribution < -0.4 is 14.8 Å². The number of ether oxygens (including phenoxy) is 2. The highest BCUT2D eigenvalue weighted by molar-refractivity contribution is 6.33. The largest absolute Gasteiger partial charge is 0.454 e. The molecule has 1 N–H and O–H groups in total. The molecule has 0 saturated heterocycles. The first kappa shape index (κ1) is 17.1. The van der Waals surface area contributed by atoms with E-state index in [-0.39, 0.29) is 19.3 Å². The Morgan fingerprint density at radius 2 is 2.04 bits per heavy atom. The van der Waals surface area contributed by atoms with Gasteiger partial charge in [0.1, 0.15) is 0 Å². The number of fused-ring (bicyclic) bond motifs is 1. The predicted octanol–water partition coefficient (Wildman–Crippen LogP) is 3.76. The van der Waals surface area contributed by atoms with Gasteiger partial charge in [-0.15, -0.1) is 0 Å². The summed E-state index contributed by atoms with van der Waals surface area (Å²) in [4.78, 5) is 17.0. The lowest BCUT2D eigenvalue weighted by Crippen LogP contribution is -2.17. The number of rotatable bonds is 5. The number of halogens is 1. The summed E-state index contributed by atoms with van der Waals surface area (Å²) in [7, 11) is 0. The zero-order chi connectivity index (χ0) is 17.8. The highest BCUT2D eigenvalue weighted by Gasteiger charge is 2.14. The molecule has 3 rings (SSSR count). The first-order valence-corrected chi connectivity index (χ1v) is 8.03. The molecule has 0 atom stereocenters. The minimum absolute atomic E-state index is 0.215. The van der Waals surface area contributed by atoms with E-state index in [1.165, 1.54) is 0 Å². The summed E-state index contributed by atoms with van der Waals surface area (Å²) in [5.74, 6) is 1.03. The van der Waals surface area contributed by atoms with Gasteiger partial charge in [0.2, 0.25) is 6.79 Å². The summed E-state index contributed by atoms with van der Waals surface area (Å²) in [6.45, 7) is 3.71. The molecule has 0 aromatic heterocycles. The average Bonchev–Trinajstić information content (AvgIpc) is 3.05. The van der Waals surface area contributed by atoms with Gasteiger partial charge in [-0.2, -0.15) is 0 Å². The number of nitrogens with one attached hydrogen (secondary N) is 1. The van der Waals surface area contributed by atoms with E-state index in [9.17, 15) is 4.79 Å². The summed E-state index contributed by atoms with van der Waals surface area (Å²) in [6.07, 6.45) is 0. The Balaban J connectivity index is 1.56. The maximum Gasteiger partial charge on any atom is 0.265 e. The molecule has 130 valence electrons. The third-order valence-electron chi connectivity index (χ3n) is 3.59. The molecule has 1 heterocycles. The van der Waals surface area contributed by atoms with Gasteiger partial charge in [-0.05, 0) is 49.7 Å². The van der Waals surface area contributed by atoms with Gasteiger partial charge in [0.25, 0.3) is 5.91 Å². The third-order valence-corrected chi connectivity index (χ3v) is 3.90. The summed E-state index contributed by atoms with van der Waals surface area (Å²) in [6, 6.07) is 10.9. The Labute approximate surface area is 150 Å². The highest BCUT2D eigenvalue weighted by atomic mass is 35.5. The molecule has 0 fully saturated rings. The topological polar surface area (TPSA) is 69.2 Å². The molecule has 0 spiro atoms. The van der Waals surface area contributed by atoms with Crippen LogP contribution in [0.15, 0.2) is 41.6 Å². The molecule has 25 heavy (non-hydrogen) atoms. The van der Waals surface area contributed by atoms with Crippen molar-refractivity contribution in [3.05, 3.63) is 52.5 Å². The number of carbonyl (C=O) groups is 1. The molecular weight excluding hydrogens is 344 g/mol. The van der Waals surface area contributed by atoms with E-state index >= 15 is 0 Å². The van der Waals surface area contributed by atoms with Crippen LogP contribution in [-0.4, -0.2) is 25.0 Å². The fourth-order valence-electron chi connectivity index (χ4n) is 2.27. The molecule has 2 aromatic carbocycles. The van der Waals surface area contributed by atoms with Gasteiger partial charge in [-0.1, -0.05) is 22.8 Å². The van der Waals surface area contributed by atoms with Crippen LogP contribution in [0.3, 0.4) is 0 Å². The number of hydrogen-bond acceptors (Lipinski definition) is 5. The van der Waals surface area contributed by atoms with Crippen LogP contribution in [0.2, 0.25) is 5.02 Å². The predicted molar refractivity (Wildman–Crippen MR) is 95.5 cm³/mol. The van der Waals surface area contributed by atoms with E-state index in [1.807, 2.05) is 31.2 Å². The molecule has 7 heteroatoms. The van der Waals surface area contributed by atoms with Crippen molar-refractivity contribution in [2.24, 2.45) is 5.16 Å². The molecule has 2 aromatic rings. The van der Waals surface area contributed by atoms with Crippen molar-refractivity contribution in [1.29, 1.82) is 0 Å². The van der Waals surface area contributed by atoms with Crippen LogP contribution >= 0.6 is 11.6 Å². The normalized spacial score (nSPS) is 12.8. The summed E-state index contributed by atoms with van der Waals surface area (Å²) >= 11 is 6.08. The van der Waals surface area contributed by atoms with E-state index in [1.54, 1.807) is 19.1 Å². The van der Waals surface area contributed by atoms with Crippen LogP contribution in [0.5, 0.6) is 11.5 Å². The Kier molecular flexibility index (Phi) is 5.09. The molecule has 1 aliphatic rings. The first-order valence-electron chi connectivity index (χ1n) is 7.65. The molecule has 0 unspecified atom stereocenters. The van der Waals surface area contributed by atoms with Gasteiger partial charge in [-0.25, -0.2) is 0 Å². The van der Waals surface area contributed by atoms with E-state index in [0.29, 0.717) is 27.9 Å². The van der Waals surface area contributed by atoms with E-state index in [0.717, 1.165) is 11.1 Å². The van der Waals surface area contributed by atoms with Crippen LogP contribution in [-0.2, 0) is 9.63 Å². The molecule has 1 amide bonds. The molecule has 0 bridgehead atoms. The molecule has 0 saturated carbocycles. The number of nitrogens with zero attached hydrogens (tertiary/aromatic N) is 1. The van der Waals surface area contributed by atoms with Crippen molar-refractivity contribution < 1.29 is 19.1 Å². The maximum absolute atomic E-state index is 11.9. The summed E-state index contributed by atoms with van der Waals surface area (Å²) < 4.78 is 10.6. The summed E-state index contributed by atoms with van der Waals surface area (Å²) in [5.41, 5.74) is 3.01. The number of anilines is 1. The molecule has 0 radical (unpaired) electrons. The van der Waals surface area contributed by atoms with Gasteiger partial charge in [0, 0.05) is 5.56 Å². The second kappa shape index (κ2) is 7.44. The quantitative estimate of drug-likeness (QED) is 0.651. The van der Waals surface area contributed by atoms with Crippen molar-refractivity contribution in [2.75, 3.05) is 18.7 Å². The minimum Gasteiger partial charge on any atom is -0.454 e. The average molecular weight is 361 g/mol. The lowest BCUT2D eigenvalue weighted by Gasteiger charge is -2.07. The van der Waals surface area contributed by atoms with Crippen molar-refractivity contribution >= 4 is 28.9 Å². The third kappa shape index (κ3) is 4.22. The van der Waals surface area contributed by atoms with E-state index < -0.39 is 0 Å². The Morgan fingerprint density at radius 3 is 2.84 bits per heavy atom. The van der Waals surface area contributed by atoms with Crippen LogP contribution in [0.1, 0.15) is 18.1 Å². The fraction of sp³-hybridized carbons (Fsp3) is 0.222. The zero-order valence-electron chi connectivity index (χ0n) is 13.8. The zero-order valence-corrected chi connectivity index (χ0v) is 14.6. The summed E-state index contributed by atoms with van der Waals surface area (Å²) in [5, 5.41) is 7.13. The number of oxime groups is 1. The highest BCUT2D eigenvalue weighted by Crippen LogP contribution is 2.32. The number of carbonyl (C=O) groups excluding carboxylic acids is 1. The van der Waals surface area contributed by atoms with Crippen molar-refractivity contribution in [3.63, 3.8) is 0 Å². The lowest BCUT2D eigenvalue weighted by molar-refractivity contribution is -0.120. The number of benzene rings is 2. The van der Waals surface area contributed by atoms with Gasteiger partial charge >= 0.3 is 0 Å². The first-order chi connectivity index (χ1) is 12.0. The van der Waals surface area contributed by atoms with Gasteiger partial charge in [0.15, 0.2) is 18.1 Å². The SMILES string of the molecule is C/C(=N\OCC(=O)Nc1ccc(C)cc1Cl)c1ccc2c(c1)OCO2. The van der Waals surface area contributed by atoms with Crippen LogP contribution in [0.4, 0.5) is 5.69 Å². The van der Waals surface area contributed by atoms with E-state index in [4.69, 9.17) is 25.9 Å². The standard InChI is InChI=1S/C18H17ClN2O4/c1-11-3-5-15(14(19)7-11)20-18(22)9-25-21-12(2)13-4-6-16-17(8-13)24-10-23-16/h3-8H,9-10H2,1-2H3,(H,20,22)/b21-12+. The second-order valence-corrected chi connectivity index (χ2v) is 5.96. The maximum atomic E-state index is 11.9. The van der Waals surface area contributed by atoms with Crippen LogP contribution in [0, 0.1) is 6.92 Å². The monoisotopic (exact) mass is 360 g/mol. The van der Waals surface area contributed by atoms with Crippen LogP contribution in [0.25, 0.3) is 0 Å². The number of amides is 1. The van der Waals surface area contributed by atoms with Crippen molar-refractivity contribution in [3.8, 4) is 11.5 Å². The number of aryl methyl sites for hydroxylation is 1. The lowest BCUT2D eigenvalue weighted by atomic mass is 10.1. The number of hydrogen-bond donors (Lipinski definition) is 1. The molecule has 1 aliphatic heterocycles. The van der Waals surface area contributed by atoms with Crippen molar-refractivity contribution in [1.82, 2.24) is 0 Å². The van der Waals surface area contributed by atoms with Gasteiger partial charge < -0.3 is 19.6 Å². The Bertz CT molecular complexity index is 836. The minimum atomic E-state index is -0.340. The smallest absolute Gasteiger partial charge is 0.265 e. The van der Waals surface area contributed by atoms with E-state index in [2.05, 4.69) is 10.5 Å². The van der Waals surface area contributed by atoms with Gasteiger partial charge in [0.05, 0.1) is 16.4 Å². The molecule has 0 aliphatic carbocycles. The van der Waals surface area contributed by atoms with Gasteiger partial charge in [-0.3, -0.25) is 4.79 Å². The second-order valence-electron chi connectivity index (χ2n) is 5.55. The fourth-order valence-corrected chi connectivity index (χ4v) is 2.55. The Hall–Kier alpha value is -2.73. The Morgan fingerprint density at radius 1 is 1.24 bits per heavy atom. The van der Waals surface area contributed by atoms with Crippen molar-refractivity contribution in [2.45, 2.75) is 13.8 Å². The molecular formula is C18H17ClN2O4.